The fourth-order valence-electron chi connectivity index (χ4n) is 2.39. The normalized spacial score (nSPS) is 11.4. The van der Waals surface area contributed by atoms with Crippen molar-refractivity contribution in [3.63, 3.8) is 0 Å². The highest BCUT2D eigenvalue weighted by atomic mass is 16.5. The van der Waals surface area contributed by atoms with Gasteiger partial charge >= 0.3 is 5.97 Å². The lowest BCUT2D eigenvalue weighted by atomic mass is 10.2. The molecule has 0 saturated carbocycles. The zero-order chi connectivity index (χ0) is 15.2. The lowest BCUT2D eigenvalue weighted by molar-refractivity contribution is -0.138. The monoisotopic (exact) mass is 291 g/mol. The number of rotatable bonds is 8. The van der Waals surface area contributed by atoms with Crippen LogP contribution in [0.1, 0.15) is 12.6 Å². The Balaban J connectivity index is 2.25. The lowest BCUT2D eigenvalue weighted by Crippen LogP contribution is -2.32. The Morgan fingerprint density at radius 2 is 2.19 bits per heavy atom. The molecule has 1 aromatic carbocycles. The Hall–Kier alpha value is -1.92. The van der Waals surface area contributed by atoms with Gasteiger partial charge in [0.25, 0.3) is 0 Å². The van der Waals surface area contributed by atoms with Crippen LogP contribution < -0.4 is 0 Å². The van der Waals surface area contributed by atoms with Gasteiger partial charge in [-0.05, 0) is 13.0 Å². The van der Waals surface area contributed by atoms with Gasteiger partial charge in [0.2, 0.25) is 0 Å². The highest BCUT2D eigenvalue weighted by Gasteiger charge is 2.15. The maximum Gasteiger partial charge on any atom is 0.317 e. The van der Waals surface area contributed by atoms with Crippen molar-refractivity contribution in [2.75, 3.05) is 26.8 Å². The minimum Gasteiger partial charge on any atom is -0.480 e. The molecule has 0 aliphatic carbocycles. The van der Waals surface area contributed by atoms with E-state index in [1.54, 1.807) is 7.11 Å². The van der Waals surface area contributed by atoms with Gasteiger partial charge in [-0.2, -0.15) is 5.10 Å². The fraction of sp³-hybridized carbons (Fsp3) is 0.467. The molecule has 2 rings (SSSR count). The van der Waals surface area contributed by atoms with Gasteiger partial charge in [-0.15, -0.1) is 0 Å². The SMILES string of the molecule is CCn1nc(CN(CCOC)CC(=O)O)c2ccccc21. The number of aryl methyl sites for hydroxylation is 1. The molecule has 0 radical (unpaired) electrons. The van der Waals surface area contributed by atoms with Crippen molar-refractivity contribution >= 4 is 16.9 Å². The van der Waals surface area contributed by atoms with Gasteiger partial charge in [-0.25, -0.2) is 0 Å². The van der Waals surface area contributed by atoms with Crippen LogP contribution in [0.15, 0.2) is 24.3 Å². The predicted octanol–water partition coefficient (Wildman–Crippen LogP) is 1.59. The number of fused-ring (bicyclic) bond motifs is 1. The van der Waals surface area contributed by atoms with Crippen molar-refractivity contribution in [2.45, 2.75) is 20.0 Å². The third-order valence-electron chi connectivity index (χ3n) is 3.38. The van der Waals surface area contributed by atoms with Crippen molar-refractivity contribution in [3.05, 3.63) is 30.0 Å². The van der Waals surface area contributed by atoms with E-state index in [0.717, 1.165) is 23.1 Å². The van der Waals surface area contributed by atoms with Gasteiger partial charge in [0, 0.05) is 32.1 Å². The van der Waals surface area contributed by atoms with Crippen molar-refractivity contribution in [1.82, 2.24) is 14.7 Å². The van der Waals surface area contributed by atoms with Crippen molar-refractivity contribution in [1.29, 1.82) is 0 Å². The summed E-state index contributed by atoms with van der Waals surface area (Å²) in [5, 5.41) is 14.7. The molecule has 0 spiro atoms. The third kappa shape index (κ3) is 3.80. The quantitative estimate of drug-likeness (QED) is 0.800. The van der Waals surface area contributed by atoms with Gasteiger partial charge in [0.1, 0.15) is 0 Å². The number of carboxylic acid groups (broad SMARTS) is 1. The molecule has 0 fully saturated rings. The number of para-hydroxylation sites is 1. The van der Waals surface area contributed by atoms with Crippen molar-refractivity contribution in [3.8, 4) is 0 Å². The Labute approximate surface area is 123 Å². The second-order valence-corrected chi connectivity index (χ2v) is 4.88. The number of methoxy groups -OCH3 is 1. The van der Waals surface area contributed by atoms with Crippen LogP contribution in [-0.4, -0.2) is 52.6 Å². The number of nitrogens with zero attached hydrogens (tertiary/aromatic N) is 3. The molecule has 6 heteroatoms. The molecule has 0 aliphatic rings. The van der Waals surface area contributed by atoms with Gasteiger partial charge in [0.15, 0.2) is 0 Å². The molecule has 2 aromatic rings. The van der Waals surface area contributed by atoms with Gasteiger partial charge in [-0.1, -0.05) is 18.2 Å². The topological polar surface area (TPSA) is 67.6 Å². The number of hydrogen-bond acceptors (Lipinski definition) is 4. The highest BCUT2D eigenvalue weighted by molar-refractivity contribution is 5.82. The smallest absolute Gasteiger partial charge is 0.317 e. The van der Waals surface area contributed by atoms with Crippen LogP contribution in [0.2, 0.25) is 0 Å². The lowest BCUT2D eigenvalue weighted by Gasteiger charge is -2.18. The van der Waals surface area contributed by atoms with E-state index >= 15 is 0 Å². The molecule has 6 nitrogen and oxygen atoms in total. The summed E-state index contributed by atoms with van der Waals surface area (Å²) >= 11 is 0. The largest absolute Gasteiger partial charge is 0.480 e. The number of aliphatic carboxylic acids is 1. The summed E-state index contributed by atoms with van der Waals surface area (Å²) in [6.45, 7) is 4.39. The van der Waals surface area contributed by atoms with E-state index in [1.165, 1.54) is 0 Å². The minimum atomic E-state index is -0.842. The van der Waals surface area contributed by atoms with E-state index in [4.69, 9.17) is 9.84 Å². The molecule has 1 aromatic heterocycles. The van der Waals surface area contributed by atoms with Crippen molar-refractivity contribution < 1.29 is 14.6 Å². The summed E-state index contributed by atoms with van der Waals surface area (Å²) < 4.78 is 6.99. The maximum absolute atomic E-state index is 11.0. The second-order valence-electron chi connectivity index (χ2n) is 4.88. The number of benzene rings is 1. The van der Waals surface area contributed by atoms with Crippen LogP contribution in [0.4, 0.5) is 0 Å². The fourth-order valence-corrected chi connectivity index (χ4v) is 2.39. The third-order valence-corrected chi connectivity index (χ3v) is 3.38. The Kier molecular flexibility index (Phi) is 5.30. The number of carbonyl (C=O) groups is 1. The van der Waals surface area contributed by atoms with E-state index in [2.05, 4.69) is 5.10 Å². The molecule has 0 unspecified atom stereocenters. The molecule has 114 valence electrons. The second kappa shape index (κ2) is 7.19. The molecule has 1 heterocycles. The van der Waals surface area contributed by atoms with Gasteiger partial charge < -0.3 is 9.84 Å². The Bertz CT molecular complexity index is 609. The molecule has 0 saturated heterocycles. The average Bonchev–Trinajstić information content (AvgIpc) is 2.82. The highest BCUT2D eigenvalue weighted by Crippen LogP contribution is 2.19. The Morgan fingerprint density at radius 3 is 2.86 bits per heavy atom. The molecule has 0 atom stereocenters. The summed E-state index contributed by atoms with van der Waals surface area (Å²) in [4.78, 5) is 12.8. The first-order valence-electron chi connectivity index (χ1n) is 7.03. The van der Waals surface area contributed by atoms with E-state index in [0.29, 0.717) is 19.7 Å². The average molecular weight is 291 g/mol. The molecule has 21 heavy (non-hydrogen) atoms. The van der Waals surface area contributed by atoms with Crippen LogP contribution in [0.5, 0.6) is 0 Å². The van der Waals surface area contributed by atoms with Gasteiger partial charge in [-0.3, -0.25) is 14.4 Å². The number of ether oxygens (including phenoxy) is 1. The summed E-state index contributed by atoms with van der Waals surface area (Å²) in [5.41, 5.74) is 1.99. The number of carboxylic acids is 1. The van der Waals surface area contributed by atoms with Crippen LogP contribution in [0.3, 0.4) is 0 Å². The predicted molar refractivity (Wildman–Crippen MR) is 80.2 cm³/mol. The molecule has 0 aliphatic heterocycles. The Morgan fingerprint density at radius 1 is 1.43 bits per heavy atom. The van der Waals surface area contributed by atoms with Crippen molar-refractivity contribution in [2.24, 2.45) is 0 Å². The van der Waals surface area contributed by atoms with Crippen LogP contribution in [-0.2, 0) is 22.6 Å². The number of aromatic nitrogens is 2. The first-order chi connectivity index (χ1) is 10.2. The molecule has 0 bridgehead atoms. The van der Waals surface area contributed by atoms with Gasteiger partial charge in [0.05, 0.1) is 24.4 Å². The summed E-state index contributed by atoms with van der Waals surface area (Å²) in [6, 6.07) is 8.02. The van der Waals surface area contributed by atoms with E-state index in [-0.39, 0.29) is 6.54 Å². The molecular formula is C15H21N3O3. The van der Waals surface area contributed by atoms with E-state index in [1.807, 2.05) is 40.8 Å². The summed E-state index contributed by atoms with van der Waals surface area (Å²) in [5.74, 6) is -0.842. The van der Waals surface area contributed by atoms with Crippen LogP contribution in [0.25, 0.3) is 10.9 Å². The summed E-state index contributed by atoms with van der Waals surface area (Å²) in [6.07, 6.45) is 0. The standard InChI is InChI=1S/C15H21N3O3/c1-3-18-14-7-5-4-6-12(14)13(16-18)10-17(8-9-21-2)11-15(19)20/h4-7H,3,8-11H2,1-2H3,(H,19,20). The molecule has 1 N–H and O–H groups in total. The molecule has 0 amide bonds. The number of hydrogen-bond donors (Lipinski definition) is 1. The zero-order valence-electron chi connectivity index (χ0n) is 12.5. The van der Waals surface area contributed by atoms with Crippen LogP contribution in [0, 0.1) is 0 Å². The first-order valence-corrected chi connectivity index (χ1v) is 7.03. The summed E-state index contributed by atoms with van der Waals surface area (Å²) in [7, 11) is 1.61. The zero-order valence-corrected chi connectivity index (χ0v) is 12.5. The first kappa shape index (κ1) is 15.5. The maximum atomic E-state index is 11.0. The van der Waals surface area contributed by atoms with Crippen LogP contribution >= 0.6 is 0 Å². The molecular weight excluding hydrogens is 270 g/mol. The minimum absolute atomic E-state index is 0.0172. The van der Waals surface area contributed by atoms with E-state index in [9.17, 15) is 4.79 Å². The van der Waals surface area contributed by atoms with E-state index < -0.39 is 5.97 Å².